The quantitative estimate of drug-likeness (QED) is 0.818. The second-order valence-corrected chi connectivity index (χ2v) is 4.92. The van der Waals surface area contributed by atoms with Crippen LogP contribution in [-0.4, -0.2) is 23.5 Å². The summed E-state index contributed by atoms with van der Waals surface area (Å²) in [6.45, 7) is 4.84. The van der Waals surface area contributed by atoms with E-state index in [0.29, 0.717) is 29.9 Å². The average molecular weight is 233 g/mol. The number of pyridine rings is 1. The number of rotatable bonds is 5. The third-order valence-corrected chi connectivity index (χ3v) is 2.64. The molecule has 4 heteroatoms. The summed E-state index contributed by atoms with van der Waals surface area (Å²) >= 11 is 0. The Labute approximate surface area is 102 Å². The first-order valence-corrected chi connectivity index (χ1v) is 6.16. The van der Waals surface area contributed by atoms with Crippen molar-refractivity contribution in [2.24, 2.45) is 5.92 Å². The monoisotopic (exact) mass is 233 g/mol. The molecule has 0 aromatic carbocycles. The first-order chi connectivity index (χ1) is 8.16. The lowest BCUT2D eigenvalue weighted by atomic mass is 10.2. The van der Waals surface area contributed by atoms with Gasteiger partial charge >= 0.3 is 0 Å². The maximum atomic E-state index is 12.0. The number of hydrogen-bond acceptors (Lipinski definition) is 3. The SMILES string of the molecule is CC(C)CNC(=O)c1cccnc1NC1CC1. The minimum atomic E-state index is -0.0463. The average Bonchev–Trinajstić information content (AvgIpc) is 3.10. The summed E-state index contributed by atoms with van der Waals surface area (Å²) in [6, 6.07) is 4.11. The van der Waals surface area contributed by atoms with Crippen LogP contribution in [0.5, 0.6) is 0 Å². The lowest BCUT2D eigenvalue weighted by molar-refractivity contribution is 0.0949. The number of anilines is 1. The molecule has 1 fully saturated rings. The molecule has 92 valence electrons. The van der Waals surface area contributed by atoms with Gasteiger partial charge in [-0.1, -0.05) is 13.8 Å². The van der Waals surface area contributed by atoms with Gasteiger partial charge in [0.05, 0.1) is 5.56 Å². The van der Waals surface area contributed by atoms with E-state index in [4.69, 9.17) is 0 Å². The maximum absolute atomic E-state index is 12.0. The van der Waals surface area contributed by atoms with Crippen molar-refractivity contribution in [3.05, 3.63) is 23.9 Å². The van der Waals surface area contributed by atoms with E-state index in [-0.39, 0.29) is 5.91 Å². The van der Waals surface area contributed by atoms with Gasteiger partial charge in [-0.2, -0.15) is 0 Å². The summed E-state index contributed by atoms with van der Waals surface area (Å²) in [6.07, 6.45) is 4.05. The number of nitrogens with one attached hydrogen (secondary N) is 2. The number of hydrogen-bond donors (Lipinski definition) is 2. The van der Waals surface area contributed by atoms with Crippen molar-refractivity contribution in [3.63, 3.8) is 0 Å². The van der Waals surface area contributed by atoms with Gasteiger partial charge in [0.1, 0.15) is 5.82 Å². The third kappa shape index (κ3) is 3.44. The van der Waals surface area contributed by atoms with Crippen LogP contribution in [0, 0.1) is 5.92 Å². The van der Waals surface area contributed by atoms with Crippen molar-refractivity contribution >= 4 is 11.7 Å². The third-order valence-electron chi connectivity index (χ3n) is 2.64. The smallest absolute Gasteiger partial charge is 0.255 e. The van der Waals surface area contributed by atoms with Gasteiger partial charge in [-0.15, -0.1) is 0 Å². The molecule has 1 aliphatic carbocycles. The van der Waals surface area contributed by atoms with Gasteiger partial charge in [-0.3, -0.25) is 4.79 Å². The molecule has 0 bridgehead atoms. The zero-order chi connectivity index (χ0) is 12.3. The number of nitrogens with zero attached hydrogens (tertiary/aromatic N) is 1. The molecule has 0 radical (unpaired) electrons. The lowest BCUT2D eigenvalue weighted by Crippen LogP contribution is -2.28. The highest BCUT2D eigenvalue weighted by molar-refractivity contribution is 5.98. The first kappa shape index (κ1) is 11.9. The van der Waals surface area contributed by atoms with Crippen LogP contribution in [0.3, 0.4) is 0 Å². The zero-order valence-electron chi connectivity index (χ0n) is 10.4. The minimum absolute atomic E-state index is 0.0463. The van der Waals surface area contributed by atoms with Gasteiger partial charge in [0, 0.05) is 18.8 Å². The lowest BCUT2D eigenvalue weighted by Gasteiger charge is -2.11. The molecular formula is C13H19N3O. The molecular weight excluding hydrogens is 214 g/mol. The predicted octanol–water partition coefficient (Wildman–Crippen LogP) is 2.04. The zero-order valence-corrected chi connectivity index (χ0v) is 10.4. The molecule has 1 amide bonds. The van der Waals surface area contributed by atoms with Crippen molar-refractivity contribution < 1.29 is 4.79 Å². The Hall–Kier alpha value is -1.58. The molecule has 1 heterocycles. The second kappa shape index (κ2) is 5.17. The van der Waals surface area contributed by atoms with Crippen LogP contribution in [0.25, 0.3) is 0 Å². The summed E-state index contributed by atoms with van der Waals surface area (Å²) in [5, 5.41) is 6.19. The van der Waals surface area contributed by atoms with E-state index < -0.39 is 0 Å². The Kier molecular flexibility index (Phi) is 3.61. The van der Waals surface area contributed by atoms with E-state index in [1.165, 1.54) is 12.8 Å². The van der Waals surface area contributed by atoms with Crippen molar-refractivity contribution in [2.75, 3.05) is 11.9 Å². The molecule has 2 N–H and O–H groups in total. The molecule has 1 aliphatic rings. The van der Waals surface area contributed by atoms with E-state index in [0.717, 1.165) is 0 Å². The van der Waals surface area contributed by atoms with Gasteiger partial charge < -0.3 is 10.6 Å². The Morgan fingerprint density at radius 2 is 2.29 bits per heavy atom. The second-order valence-electron chi connectivity index (χ2n) is 4.92. The molecule has 0 saturated heterocycles. The number of carbonyl (C=O) groups is 1. The molecule has 1 aromatic rings. The van der Waals surface area contributed by atoms with Gasteiger partial charge in [-0.05, 0) is 30.9 Å². The number of amides is 1. The Morgan fingerprint density at radius 3 is 2.94 bits per heavy atom. The Balaban J connectivity index is 2.04. The number of aromatic nitrogens is 1. The van der Waals surface area contributed by atoms with Crippen molar-refractivity contribution in [1.29, 1.82) is 0 Å². The molecule has 1 aromatic heterocycles. The summed E-state index contributed by atoms with van der Waals surface area (Å²) < 4.78 is 0. The predicted molar refractivity (Wildman–Crippen MR) is 68.1 cm³/mol. The minimum Gasteiger partial charge on any atom is -0.367 e. The Bertz CT molecular complexity index is 399. The van der Waals surface area contributed by atoms with Gasteiger partial charge in [0.25, 0.3) is 5.91 Å². The van der Waals surface area contributed by atoms with Gasteiger partial charge in [-0.25, -0.2) is 4.98 Å². The fraction of sp³-hybridized carbons (Fsp3) is 0.538. The fourth-order valence-electron chi connectivity index (χ4n) is 1.52. The highest BCUT2D eigenvalue weighted by atomic mass is 16.1. The van der Waals surface area contributed by atoms with E-state index in [9.17, 15) is 4.79 Å². The largest absolute Gasteiger partial charge is 0.367 e. The van der Waals surface area contributed by atoms with Crippen LogP contribution in [0.15, 0.2) is 18.3 Å². The van der Waals surface area contributed by atoms with E-state index in [1.807, 2.05) is 6.07 Å². The van der Waals surface area contributed by atoms with E-state index in [1.54, 1.807) is 12.3 Å². The molecule has 17 heavy (non-hydrogen) atoms. The molecule has 4 nitrogen and oxygen atoms in total. The Morgan fingerprint density at radius 1 is 1.53 bits per heavy atom. The topological polar surface area (TPSA) is 54.0 Å². The molecule has 0 atom stereocenters. The van der Waals surface area contributed by atoms with Crippen LogP contribution in [0.1, 0.15) is 37.0 Å². The standard InChI is InChI=1S/C13H19N3O/c1-9(2)8-15-13(17)11-4-3-7-14-12(11)16-10-5-6-10/h3-4,7,9-10H,5-6,8H2,1-2H3,(H,14,16)(H,15,17). The summed E-state index contributed by atoms with van der Waals surface area (Å²) in [4.78, 5) is 16.2. The van der Waals surface area contributed by atoms with Gasteiger partial charge in [0.2, 0.25) is 0 Å². The highest BCUT2D eigenvalue weighted by Gasteiger charge is 2.23. The van der Waals surface area contributed by atoms with Crippen LogP contribution >= 0.6 is 0 Å². The summed E-state index contributed by atoms with van der Waals surface area (Å²) in [7, 11) is 0. The fourth-order valence-corrected chi connectivity index (χ4v) is 1.52. The molecule has 1 saturated carbocycles. The maximum Gasteiger partial charge on any atom is 0.255 e. The molecule has 2 rings (SSSR count). The molecule has 0 aliphatic heterocycles. The normalized spacial score (nSPS) is 14.8. The summed E-state index contributed by atoms with van der Waals surface area (Å²) in [5.41, 5.74) is 0.639. The van der Waals surface area contributed by atoms with Crippen molar-refractivity contribution in [3.8, 4) is 0 Å². The van der Waals surface area contributed by atoms with Crippen LogP contribution in [0.2, 0.25) is 0 Å². The number of carbonyl (C=O) groups excluding carboxylic acids is 1. The van der Waals surface area contributed by atoms with Gasteiger partial charge in [0.15, 0.2) is 0 Å². The van der Waals surface area contributed by atoms with E-state index >= 15 is 0 Å². The summed E-state index contributed by atoms with van der Waals surface area (Å²) in [5.74, 6) is 1.11. The highest BCUT2D eigenvalue weighted by Crippen LogP contribution is 2.25. The molecule has 0 unspecified atom stereocenters. The van der Waals surface area contributed by atoms with E-state index in [2.05, 4.69) is 29.5 Å². The molecule has 0 spiro atoms. The van der Waals surface area contributed by atoms with Crippen molar-refractivity contribution in [2.45, 2.75) is 32.7 Å². The first-order valence-electron chi connectivity index (χ1n) is 6.16. The van der Waals surface area contributed by atoms with Crippen LogP contribution < -0.4 is 10.6 Å². The van der Waals surface area contributed by atoms with Crippen molar-refractivity contribution in [1.82, 2.24) is 10.3 Å². The van der Waals surface area contributed by atoms with Crippen LogP contribution in [-0.2, 0) is 0 Å². The van der Waals surface area contributed by atoms with Crippen LogP contribution in [0.4, 0.5) is 5.82 Å².